The zero-order valence-electron chi connectivity index (χ0n) is 27.6. The predicted molar refractivity (Wildman–Crippen MR) is 189 cm³/mol. The lowest BCUT2D eigenvalue weighted by atomic mass is 10.00. The number of ketones is 1. The number of nitrogens with two attached hydrogens (primary N) is 1. The largest absolute Gasteiger partial charge is 0.504 e. The molecule has 254 valence electrons. The lowest BCUT2D eigenvalue weighted by Gasteiger charge is -2.15. The molecule has 0 aliphatic heterocycles. The summed E-state index contributed by atoms with van der Waals surface area (Å²) in [5.74, 6) is 0.298. The van der Waals surface area contributed by atoms with E-state index in [9.17, 15) is 20.1 Å². The number of aromatic hydroxyl groups is 1. The van der Waals surface area contributed by atoms with E-state index in [1.165, 1.54) is 11.1 Å². The molecule has 5 rings (SSSR count). The van der Waals surface area contributed by atoms with Crippen LogP contribution in [0.25, 0.3) is 10.9 Å². The zero-order valence-corrected chi connectivity index (χ0v) is 27.6. The first-order valence-electron chi connectivity index (χ1n) is 16.9. The van der Waals surface area contributed by atoms with Gasteiger partial charge in [-0.15, -0.1) is 0 Å². The van der Waals surface area contributed by atoms with Crippen molar-refractivity contribution in [3.05, 3.63) is 119 Å². The van der Waals surface area contributed by atoms with Crippen LogP contribution < -0.4 is 15.8 Å². The minimum absolute atomic E-state index is 0.0242. The number of benzene rings is 3. The normalized spacial score (nSPS) is 13.4. The highest BCUT2D eigenvalue weighted by Gasteiger charge is 2.16. The van der Waals surface area contributed by atoms with Crippen LogP contribution in [0.4, 0.5) is 0 Å². The average molecular weight is 653 g/mol. The third-order valence-electron chi connectivity index (χ3n) is 8.67. The molecule has 0 amide bonds. The Bertz CT molecular complexity index is 1750. The number of ether oxygens (including phenoxy) is 1. The quantitative estimate of drug-likeness (QED) is 0.0610. The number of rotatable bonds is 19. The average Bonchev–Trinajstić information content (AvgIpc) is 3.65. The molecule has 3 aromatic carbocycles. The molecule has 0 fully saturated rings. The predicted octanol–water partition coefficient (Wildman–Crippen LogP) is 5.90. The number of phenols is 1. The third kappa shape index (κ3) is 10.0. The van der Waals surface area contributed by atoms with Gasteiger partial charge in [-0.2, -0.15) is 0 Å². The van der Waals surface area contributed by atoms with Crippen molar-refractivity contribution < 1.29 is 24.9 Å². The summed E-state index contributed by atoms with van der Waals surface area (Å²) < 4.78 is 7.91. The van der Waals surface area contributed by atoms with Crippen LogP contribution in [-0.4, -0.2) is 49.4 Å². The van der Waals surface area contributed by atoms with Gasteiger partial charge in [-0.3, -0.25) is 10.1 Å². The summed E-state index contributed by atoms with van der Waals surface area (Å²) in [6.07, 6.45) is 8.41. The molecule has 0 spiro atoms. The zero-order chi connectivity index (χ0) is 33.9. The van der Waals surface area contributed by atoms with Crippen molar-refractivity contribution in [1.82, 2.24) is 14.9 Å². The van der Waals surface area contributed by atoms with Gasteiger partial charge in [0.25, 0.3) is 0 Å². The van der Waals surface area contributed by atoms with Crippen molar-refractivity contribution in [2.45, 2.75) is 83.4 Å². The van der Waals surface area contributed by atoms with Crippen molar-refractivity contribution in [2.75, 3.05) is 6.54 Å². The maximum Gasteiger partial charge on any atom is 0.165 e. The van der Waals surface area contributed by atoms with Crippen LogP contribution >= 0.6 is 0 Å². The molecule has 0 saturated heterocycles. The number of hydrogen-bond acceptors (Lipinski definition) is 7. The smallest absolute Gasteiger partial charge is 0.165 e. The number of fused-ring (bicyclic) bond motifs is 1. The van der Waals surface area contributed by atoms with E-state index in [0.717, 1.165) is 53.4 Å². The molecule has 0 radical (unpaired) electrons. The SMILES string of the molecule is CCC[C@H](O)C[C@@H](O)CC(=O)CCc1ccc(O)c(OCn2cc3[nH]cc(Cc4cccc([C@H](N)NCCc5ccccc5)c4)c3c2)c1. The van der Waals surface area contributed by atoms with E-state index in [1.807, 2.05) is 42.2 Å². The van der Waals surface area contributed by atoms with E-state index in [1.54, 1.807) is 18.2 Å². The fraction of sp³-hybridized carbons (Fsp3) is 0.359. The Kier molecular flexibility index (Phi) is 12.5. The van der Waals surface area contributed by atoms with Crippen LogP contribution in [-0.2, 0) is 30.8 Å². The monoisotopic (exact) mass is 652 g/mol. The minimum atomic E-state index is -0.841. The Labute approximate surface area is 282 Å². The van der Waals surface area contributed by atoms with E-state index in [2.05, 4.69) is 52.8 Å². The first-order valence-corrected chi connectivity index (χ1v) is 16.9. The van der Waals surface area contributed by atoms with Gasteiger partial charge in [-0.1, -0.05) is 74.0 Å². The van der Waals surface area contributed by atoms with E-state index in [0.29, 0.717) is 18.6 Å². The lowest BCUT2D eigenvalue weighted by molar-refractivity contribution is -0.121. The molecule has 0 bridgehead atoms. The number of aliphatic hydroxyl groups is 2. The number of nitrogens with one attached hydrogen (secondary N) is 2. The number of carbonyl (C=O) groups excluding carboxylic acids is 1. The Balaban J connectivity index is 1.13. The molecule has 7 N–H and O–H groups in total. The number of nitrogens with zero attached hydrogens (tertiary/aromatic N) is 1. The molecule has 2 heterocycles. The van der Waals surface area contributed by atoms with Crippen molar-refractivity contribution in [2.24, 2.45) is 5.73 Å². The summed E-state index contributed by atoms with van der Waals surface area (Å²) >= 11 is 0. The van der Waals surface area contributed by atoms with Gasteiger partial charge in [-0.05, 0) is 72.1 Å². The standard InChI is InChI=1S/C39H48N4O5/c1-2-7-32(44)21-34(46)22-33(45)14-12-28-13-15-37(47)38(20-28)48-26-43-24-35-31(23-42-36(35)25-43)19-29-10-6-11-30(18-29)39(40)41-17-16-27-8-4-3-5-9-27/h3-6,8-11,13,15,18,20,23-25,32,34,39,41-42,44,46-47H,2,7,12,14,16-17,19,21-22,26,40H2,1H3/t32-,34+,39+/m0/s1. The number of hydrogen-bond donors (Lipinski definition) is 6. The molecule has 0 aliphatic rings. The van der Waals surface area contributed by atoms with Crippen LogP contribution in [0.2, 0.25) is 0 Å². The van der Waals surface area contributed by atoms with Crippen molar-refractivity contribution >= 4 is 16.7 Å². The van der Waals surface area contributed by atoms with Crippen molar-refractivity contribution in [3.63, 3.8) is 0 Å². The first-order chi connectivity index (χ1) is 23.3. The molecular formula is C39H48N4O5. The Hall–Kier alpha value is -4.41. The van der Waals surface area contributed by atoms with Crippen molar-refractivity contribution in [1.29, 1.82) is 0 Å². The molecule has 0 aliphatic carbocycles. The summed E-state index contributed by atoms with van der Waals surface area (Å²) in [5.41, 5.74) is 13.0. The van der Waals surface area contributed by atoms with Gasteiger partial charge in [0.15, 0.2) is 18.2 Å². The second-order valence-corrected chi connectivity index (χ2v) is 12.7. The highest BCUT2D eigenvalue weighted by Crippen LogP contribution is 2.29. The van der Waals surface area contributed by atoms with Gasteiger partial charge in [0.2, 0.25) is 0 Å². The van der Waals surface area contributed by atoms with Gasteiger partial charge >= 0.3 is 0 Å². The van der Waals surface area contributed by atoms with E-state index < -0.39 is 12.2 Å². The summed E-state index contributed by atoms with van der Waals surface area (Å²) in [7, 11) is 0. The Morgan fingerprint density at radius 2 is 1.77 bits per heavy atom. The number of phenolic OH excluding ortho intramolecular Hbond substituents is 1. The molecule has 48 heavy (non-hydrogen) atoms. The second kappa shape index (κ2) is 17.1. The van der Waals surface area contributed by atoms with Crippen LogP contribution in [0, 0.1) is 0 Å². The number of carbonyl (C=O) groups is 1. The number of aromatic amines is 1. The van der Waals surface area contributed by atoms with Crippen LogP contribution in [0.3, 0.4) is 0 Å². The number of aromatic nitrogens is 2. The molecule has 0 unspecified atom stereocenters. The molecule has 3 atom stereocenters. The number of aliphatic hydroxyl groups excluding tert-OH is 2. The van der Waals surface area contributed by atoms with E-state index in [-0.39, 0.29) is 43.7 Å². The van der Waals surface area contributed by atoms with Crippen LogP contribution in [0.1, 0.15) is 73.0 Å². The first kappa shape index (κ1) is 34.9. The summed E-state index contributed by atoms with van der Waals surface area (Å²) in [4.78, 5) is 15.8. The van der Waals surface area contributed by atoms with Crippen LogP contribution in [0.15, 0.2) is 91.4 Å². The lowest BCUT2D eigenvalue weighted by Crippen LogP contribution is -2.30. The molecule has 5 aromatic rings. The minimum Gasteiger partial charge on any atom is -0.504 e. The molecule has 9 heteroatoms. The van der Waals surface area contributed by atoms with Gasteiger partial charge in [0, 0.05) is 43.4 Å². The third-order valence-corrected chi connectivity index (χ3v) is 8.67. The van der Waals surface area contributed by atoms with E-state index in [4.69, 9.17) is 10.5 Å². The fourth-order valence-corrected chi connectivity index (χ4v) is 6.06. The van der Waals surface area contributed by atoms with Gasteiger partial charge < -0.3 is 35.3 Å². The highest BCUT2D eigenvalue weighted by molar-refractivity contribution is 5.83. The molecule has 0 saturated carbocycles. The van der Waals surface area contributed by atoms with Gasteiger partial charge in [0.05, 0.1) is 23.9 Å². The molecule has 2 aromatic heterocycles. The highest BCUT2D eigenvalue weighted by atomic mass is 16.5. The second-order valence-electron chi connectivity index (χ2n) is 12.7. The number of aryl methyl sites for hydroxylation is 1. The maximum atomic E-state index is 12.4. The van der Waals surface area contributed by atoms with Gasteiger partial charge in [0.1, 0.15) is 5.78 Å². The topological polar surface area (TPSA) is 146 Å². The maximum absolute atomic E-state index is 12.4. The molecule has 9 nitrogen and oxygen atoms in total. The number of Topliss-reactive ketones (excluding diaryl/α,β-unsaturated/α-hetero) is 1. The fourth-order valence-electron chi connectivity index (χ4n) is 6.06. The van der Waals surface area contributed by atoms with Crippen LogP contribution in [0.5, 0.6) is 11.5 Å². The summed E-state index contributed by atoms with van der Waals surface area (Å²) in [6.45, 7) is 2.96. The van der Waals surface area contributed by atoms with Gasteiger partial charge in [-0.25, -0.2) is 0 Å². The Morgan fingerprint density at radius 1 is 0.958 bits per heavy atom. The molecular weight excluding hydrogens is 604 g/mol. The van der Waals surface area contributed by atoms with Crippen molar-refractivity contribution in [3.8, 4) is 11.5 Å². The van der Waals surface area contributed by atoms with E-state index >= 15 is 0 Å². The summed E-state index contributed by atoms with van der Waals surface area (Å²) in [5, 5.41) is 35.0. The number of H-pyrrole nitrogens is 1. The summed E-state index contributed by atoms with van der Waals surface area (Å²) in [6, 6.07) is 23.8. The Morgan fingerprint density at radius 3 is 2.58 bits per heavy atom.